The van der Waals surface area contributed by atoms with Crippen molar-refractivity contribution >= 4 is 0 Å². The van der Waals surface area contributed by atoms with E-state index in [1.54, 1.807) is 0 Å². The highest BCUT2D eigenvalue weighted by Gasteiger charge is 2.45. The molecule has 0 radical (unpaired) electrons. The summed E-state index contributed by atoms with van der Waals surface area (Å²) in [5.74, 6) is 0. The molecule has 1 atom stereocenters. The first-order valence-electron chi connectivity index (χ1n) is 7.15. The maximum Gasteiger partial charge on any atom is 0.00647 e. The zero-order valence-corrected chi connectivity index (χ0v) is 11.3. The number of hydrogen-bond acceptors (Lipinski definition) is 2. The summed E-state index contributed by atoms with van der Waals surface area (Å²) in [7, 11) is 0. The van der Waals surface area contributed by atoms with Crippen molar-refractivity contribution in [2.75, 3.05) is 32.7 Å². The van der Waals surface area contributed by atoms with E-state index < -0.39 is 0 Å². The van der Waals surface area contributed by atoms with Gasteiger partial charge in [0.1, 0.15) is 0 Å². The van der Waals surface area contributed by atoms with Crippen LogP contribution >= 0.6 is 0 Å². The fourth-order valence-electron chi connectivity index (χ4n) is 3.27. The number of rotatable bonds is 4. The van der Waals surface area contributed by atoms with Crippen LogP contribution in [-0.4, -0.2) is 48.6 Å². The Morgan fingerprint density at radius 2 is 1.75 bits per heavy atom. The van der Waals surface area contributed by atoms with Crippen LogP contribution in [0.1, 0.15) is 46.5 Å². The van der Waals surface area contributed by atoms with E-state index in [0.29, 0.717) is 5.41 Å². The predicted molar refractivity (Wildman–Crippen MR) is 69.7 cm³/mol. The first-order chi connectivity index (χ1) is 7.69. The third-order valence-corrected chi connectivity index (χ3v) is 4.75. The SMILES string of the molecule is CCCN1CCC2(CC1)CN(C(C)CC)C2. The van der Waals surface area contributed by atoms with Crippen LogP contribution in [0.15, 0.2) is 0 Å². The summed E-state index contributed by atoms with van der Waals surface area (Å²) >= 11 is 0. The molecule has 0 amide bonds. The van der Waals surface area contributed by atoms with Gasteiger partial charge in [-0.25, -0.2) is 0 Å². The van der Waals surface area contributed by atoms with Crippen molar-refractivity contribution in [1.82, 2.24) is 9.80 Å². The number of nitrogens with zero attached hydrogens (tertiary/aromatic N) is 2. The van der Waals surface area contributed by atoms with Gasteiger partial charge in [0, 0.05) is 19.1 Å². The van der Waals surface area contributed by atoms with Crippen LogP contribution in [0.4, 0.5) is 0 Å². The highest BCUT2D eigenvalue weighted by molar-refractivity contribution is 4.99. The molecule has 2 rings (SSSR count). The maximum absolute atomic E-state index is 2.68. The number of piperidine rings is 1. The van der Waals surface area contributed by atoms with Crippen LogP contribution in [0.3, 0.4) is 0 Å². The smallest absolute Gasteiger partial charge is 0.00647 e. The summed E-state index contributed by atoms with van der Waals surface area (Å²) in [6, 6.07) is 0.805. The second-order valence-corrected chi connectivity index (χ2v) is 6.00. The van der Waals surface area contributed by atoms with E-state index in [1.165, 1.54) is 58.4 Å². The van der Waals surface area contributed by atoms with Crippen molar-refractivity contribution in [2.24, 2.45) is 5.41 Å². The third-order valence-electron chi connectivity index (χ3n) is 4.75. The molecule has 2 fully saturated rings. The second-order valence-electron chi connectivity index (χ2n) is 6.00. The molecular formula is C14H28N2. The van der Waals surface area contributed by atoms with Gasteiger partial charge in [0.2, 0.25) is 0 Å². The minimum absolute atomic E-state index is 0.716. The van der Waals surface area contributed by atoms with Gasteiger partial charge in [0.15, 0.2) is 0 Å². The van der Waals surface area contributed by atoms with Crippen LogP contribution in [0.2, 0.25) is 0 Å². The van der Waals surface area contributed by atoms with Gasteiger partial charge in [-0.3, -0.25) is 4.90 Å². The molecule has 0 aromatic heterocycles. The Kier molecular flexibility index (Phi) is 3.91. The van der Waals surface area contributed by atoms with Crippen molar-refractivity contribution in [3.63, 3.8) is 0 Å². The minimum atomic E-state index is 0.716. The largest absolute Gasteiger partial charge is 0.303 e. The topological polar surface area (TPSA) is 6.48 Å². The molecule has 94 valence electrons. The van der Waals surface area contributed by atoms with Gasteiger partial charge in [-0.1, -0.05) is 13.8 Å². The third kappa shape index (κ3) is 2.43. The highest BCUT2D eigenvalue weighted by atomic mass is 15.2. The van der Waals surface area contributed by atoms with Crippen LogP contribution < -0.4 is 0 Å². The molecule has 0 aromatic carbocycles. The summed E-state index contributed by atoms with van der Waals surface area (Å²) in [5, 5.41) is 0. The number of likely N-dealkylation sites (tertiary alicyclic amines) is 2. The first-order valence-corrected chi connectivity index (χ1v) is 7.15. The fraction of sp³-hybridized carbons (Fsp3) is 1.00. The Bertz CT molecular complexity index is 211. The van der Waals surface area contributed by atoms with Crippen LogP contribution in [0.25, 0.3) is 0 Å². The molecule has 1 unspecified atom stereocenters. The van der Waals surface area contributed by atoms with Gasteiger partial charge in [-0.15, -0.1) is 0 Å². The molecule has 2 heteroatoms. The lowest BCUT2D eigenvalue weighted by atomic mass is 9.71. The molecular weight excluding hydrogens is 196 g/mol. The zero-order chi connectivity index (χ0) is 11.6. The molecule has 2 nitrogen and oxygen atoms in total. The normalized spacial score (nSPS) is 27.9. The van der Waals surface area contributed by atoms with E-state index >= 15 is 0 Å². The van der Waals surface area contributed by atoms with E-state index in [1.807, 2.05) is 0 Å². The molecule has 2 aliphatic rings. The Balaban J connectivity index is 1.74. The van der Waals surface area contributed by atoms with Crippen molar-refractivity contribution in [3.8, 4) is 0 Å². The zero-order valence-electron chi connectivity index (χ0n) is 11.3. The van der Waals surface area contributed by atoms with E-state index in [2.05, 4.69) is 30.6 Å². The molecule has 0 aromatic rings. The van der Waals surface area contributed by atoms with Gasteiger partial charge >= 0.3 is 0 Å². The lowest BCUT2D eigenvalue weighted by molar-refractivity contribution is -0.0661. The van der Waals surface area contributed by atoms with Gasteiger partial charge < -0.3 is 4.90 Å². The van der Waals surface area contributed by atoms with Crippen molar-refractivity contribution in [1.29, 1.82) is 0 Å². The first kappa shape index (κ1) is 12.4. The summed E-state index contributed by atoms with van der Waals surface area (Å²) in [6.45, 7) is 13.7. The Hall–Kier alpha value is -0.0800. The van der Waals surface area contributed by atoms with Crippen LogP contribution in [0.5, 0.6) is 0 Å². The summed E-state index contributed by atoms with van der Waals surface area (Å²) in [5.41, 5.74) is 0.716. The standard InChI is InChI=1S/C14H28N2/c1-4-8-15-9-6-14(7-10-15)11-16(12-14)13(3)5-2/h13H,4-12H2,1-3H3. The average molecular weight is 224 g/mol. The molecule has 0 N–H and O–H groups in total. The molecule has 16 heavy (non-hydrogen) atoms. The molecule has 2 aliphatic heterocycles. The van der Waals surface area contributed by atoms with E-state index in [-0.39, 0.29) is 0 Å². The Labute approximate surface area is 101 Å². The van der Waals surface area contributed by atoms with E-state index in [9.17, 15) is 0 Å². The van der Waals surface area contributed by atoms with Crippen LogP contribution in [-0.2, 0) is 0 Å². The molecule has 2 saturated heterocycles. The molecule has 0 bridgehead atoms. The summed E-state index contributed by atoms with van der Waals surface area (Å²) in [4.78, 5) is 5.33. The summed E-state index contributed by atoms with van der Waals surface area (Å²) < 4.78 is 0. The van der Waals surface area contributed by atoms with Crippen molar-refractivity contribution < 1.29 is 0 Å². The monoisotopic (exact) mass is 224 g/mol. The highest BCUT2D eigenvalue weighted by Crippen LogP contribution is 2.41. The average Bonchev–Trinajstić information content (AvgIpc) is 2.27. The number of hydrogen-bond donors (Lipinski definition) is 0. The quantitative estimate of drug-likeness (QED) is 0.724. The maximum atomic E-state index is 2.68. The minimum Gasteiger partial charge on any atom is -0.303 e. The van der Waals surface area contributed by atoms with E-state index in [0.717, 1.165) is 6.04 Å². The van der Waals surface area contributed by atoms with Crippen LogP contribution in [0, 0.1) is 5.41 Å². The van der Waals surface area contributed by atoms with E-state index in [4.69, 9.17) is 0 Å². The Morgan fingerprint density at radius 3 is 2.25 bits per heavy atom. The van der Waals surface area contributed by atoms with Gasteiger partial charge in [-0.05, 0) is 57.7 Å². The summed E-state index contributed by atoms with van der Waals surface area (Å²) in [6.07, 6.45) is 5.50. The lowest BCUT2D eigenvalue weighted by Crippen LogP contribution is -2.62. The van der Waals surface area contributed by atoms with Gasteiger partial charge in [-0.2, -0.15) is 0 Å². The lowest BCUT2D eigenvalue weighted by Gasteiger charge is -2.56. The van der Waals surface area contributed by atoms with Gasteiger partial charge in [0.25, 0.3) is 0 Å². The Morgan fingerprint density at radius 1 is 1.12 bits per heavy atom. The molecule has 1 spiro atoms. The molecule has 0 aliphatic carbocycles. The second kappa shape index (κ2) is 5.05. The molecule has 0 saturated carbocycles. The van der Waals surface area contributed by atoms with Crippen molar-refractivity contribution in [2.45, 2.75) is 52.5 Å². The van der Waals surface area contributed by atoms with Crippen molar-refractivity contribution in [3.05, 3.63) is 0 Å². The fourth-order valence-corrected chi connectivity index (χ4v) is 3.27. The van der Waals surface area contributed by atoms with Gasteiger partial charge in [0.05, 0.1) is 0 Å². The predicted octanol–water partition coefficient (Wildman–Crippen LogP) is 2.59. The molecule has 2 heterocycles.